The van der Waals surface area contributed by atoms with Crippen molar-refractivity contribution in [1.82, 2.24) is 0 Å². The number of hydrogen-bond acceptors (Lipinski definition) is 2. The van der Waals surface area contributed by atoms with E-state index >= 15 is 0 Å². The maximum absolute atomic E-state index is 13.1. The summed E-state index contributed by atoms with van der Waals surface area (Å²) in [4.78, 5) is 10.8. The number of hydrogen-bond donors (Lipinski definition) is 0. The average molecular weight is 200 g/mol. The predicted octanol–water partition coefficient (Wildman–Crippen LogP) is 1.99. The number of methoxy groups -OCH3 is 1. The highest BCUT2D eigenvalue weighted by Gasteiger charge is 2.12. The van der Waals surface area contributed by atoms with Gasteiger partial charge in [-0.05, 0) is 18.6 Å². The van der Waals surface area contributed by atoms with Crippen molar-refractivity contribution in [3.63, 3.8) is 0 Å². The lowest BCUT2D eigenvalue weighted by Gasteiger charge is -2.04. The molecule has 0 saturated heterocycles. The molecule has 2 nitrogen and oxygen atoms in total. The fourth-order valence-corrected chi connectivity index (χ4v) is 1.15. The molecular formula is C10H10F2O2. The van der Waals surface area contributed by atoms with Gasteiger partial charge in [0.2, 0.25) is 0 Å². The molecule has 0 aliphatic heterocycles. The third-order valence-electron chi connectivity index (χ3n) is 1.81. The zero-order chi connectivity index (χ0) is 10.7. The summed E-state index contributed by atoms with van der Waals surface area (Å²) >= 11 is 0. The van der Waals surface area contributed by atoms with Crippen LogP contribution in [0.25, 0.3) is 0 Å². The molecule has 0 spiro atoms. The van der Waals surface area contributed by atoms with Crippen molar-refractivity contribution in [2.75, 3.05) is 7.11 Å². The van der Waals surface area contributed by atoms with E-state index in [9.17, 15) is 13.6 Å². The van der Waals surface area contributed by atoms with E-state index in [1.807, 2.05) is 0 Å². The van der Waals surface area contributed by atoms with Gasteiger partial charge in [0.05, 0.1) is 13.5 Å². The smallest absolute Gasteiger partial charge is 0.310 e. The topological polar surface area (TPSA) is 26.3 Å². The Balaban J connectivity index is 3.02. The van der Waals surface area contributed by atoms with Crippen LogP contribution in [-0.4, -0.2) is 13.1 Å². The molecule has 0 heterocycles. The van der Waals surface area contributed by atoms with Gasteiger partial charge in [-0.2, -0.15) is 0 Å². The van der Waals surface area contributed by atoms with Crippen molar-refractivity contribution in [1.29, 1.82) is 0 Å². The van der Waals surface area contributed by atoms with Gasteiger partial charge in [-0.15, -0.1) is 0 Å². The third kappa shape index (κ3) is 2.28. The lowest BCUT2D eigenvalue weighted by molar-refractivity contribution is -0.139. The number of carbonyl (C=O) groups excluding carboxylic acids is 1. The number of carbonyl (C=O) groups is 1. The normalized spacial score (nSPS) is 10.0. The fourth-order valence-electron chi connectivity index (χ4n) is 1.15. The van der Waals surface area contributed by atoms with Crippen LogP contribution in [0.2, 0.25) is 0 Å². The van der Waals surface area contributed by atoms with Gasteiger partial charge in [0, 0.05) is 5.56 Å². The lowest BCUT2D eigenvalue weighted by atomic mass is 10.1. The summed E-state index contributed by atoms with van der Waals surface area (Å²) in [5.41, 5.74) is 0.595. The Hall–Kier alpha value is -1.45. The summed E-state index contributed by atoms with van der Waals surface area (Å²) in [6, 6.07) is 2.51. The molecule has 0 bridgehead atoms. The van der Waals surface area contributed by atoms with E-state index in [-0.39, 0.29) is 12.0 Å². The maximum Gasteiger partial charge on any atom is 0.310 e. The molecule has 0 aliphatic rings. The van der Waals surface area contributed by atoms with Gasteiger partial charge in [0.15, 0.2) is 11.6 Å². The van der Waals surface area contributed by atoms with Crippen LogP contribution in [0.1, 0.15) is 11.1 Å². The molecule has 1 aromatic rings. The first-order valence-corrected chi connectivity index (χ1v) is 4.06. The van der Waals surface area contributed by atoms with Crippen LogP contribution in [0.15, 0.2) is 12.1 Å². The second kappa shape index (κ2) is 4.17. The van der Waals surface area contributed by atoms with Gasteiger partial charge in [-0.25, -0.2) is 8.78 Å². The lowest BCUT2D eigenvalue weighted by Crippen LogP contribution is -2.07. The number of aryl methyl sites for hydroxylation is 1. The molecule has 4 heteroatoms. The van der Waals surface area contributed by atoms with Crippen LogP contribution in [-0.2, 0) is 16.0 Å². The summed E-state index contributed by atoms with van der Waals surface area (Å²) in [6.07, 6.45) is -0.249. The van der Waals surface area contributed by atoms with Gasteiger partial charge < -0.3 is 4.74 Å². The Morgan fingerprint density at radius 1 is 1.43 bits per heavy atom. The van der Waals surface area contributed by atoms with Crippen LogP contribution in [0.5, 0.6) is 0 Å². The first-order chi connectivity index (χ1) is 6.54. The highest BCUT2D eigenvalue weighted by atomic mass is 19.2. The van der Waals surface area contributed by atoms with E-state index in [0.717, 1.165) is 6.07 Å². The second-order valence-corrected chi connectivity index (χ2v) is 2.97. The van der Waals surface area contributed by atoms with Crippen LogP contribution in [0.4, 0.5) is 8.78 Å². The van der Waals surface area contributed by atoms with Crippen molar-refractivity contribution in [2.24, 2.45) is 0 Å². The van der Waals surface area contributed by atoms with Crippen molar-refractivity contribution in [3.05, 3.63) is 34.9 Å². The first kappa shape index (κ1) is 10.6. The van der Waals surface area contributed by atoms with Crippen LogP contribution < -0.4 is 0 Å². The minimum absolute atomic E-state index is 0.0225. The van der Waals surface area contributed by atoms with Crippen molar-refractivity contribution >= 4 is 5.97 Å². The number of rotatable bonds is 2. The van der Waals surface area contributed by atoms with Crippen LogP contribution >= 0.6 is 0 Å². The van der Waals surface area contributed by atoms with E-state index in [1.165, 1.54) is 13.2 Å². The highest BCUT2D eigenvalue weighted by Crippen LogP contribution is 2.15. The number of halogens is 2. The molecule has 0 atom stereocenters. The summed E-state index contributed by atoms with van der Waals surface area (Å²) in [5.74, 6) is -2.51. The Bertz CT molecular complexity index is 361. The van der Waals surface area contributed by atoms with E-state index in [2.05, 4.69) is 4.74 Å². The number of esters is 1. The van der Waals surface area contributed by atoms with E-state index in [4.69, 9.17) is 0 Å². The third-order valence-corrected chi connectivity index (χ3v) is 1.81. The summed E-state index contributed by atoms with van der Waals surface area (Å²) in [7, 11) is 1.20. The zero-order valence-electron chi connectivity index (χ0n) is 7.93. The van der Waals surface area contributed by atoms with Gasteiger partial charge in [0.25, 0.3) is 0 Å². The molecule has 0 N–H and O–H groups in total. The molecule has 0 amide bonds. The molecule has 76 valence electrons. The molecule has 1 rings (SSSR count). The molecule has 1 aromatic carbocycles. The molecular weight excluding hydrogens is 190 g/mol. The fraction of sp³-hybridized carbons (Fsp3) is 0.300. The maximum atomic E-state index is 13.1. The minimum Gasteiger partial charge on any atom is -0.469 e. The van der Waals surface area contributed by atoms with Crippen molar-refractivity contribution in [3.8, 4) is 0 Å². The quantitative estimate of drug-likeness (QED) is 0.682. The van der Waals surface area contributed by atoms with E-state index in [1.54, 1.807) is 6.92 Å². The van der Waals surface area contributed by atoms with Gasteiger partial charge >= 0.3 is 5.97 Å². The highest BCUT2D eigenvalue weighted by molar-refractivity contribution is 5.72. The van der Waals surface area contributed by atoms with E-state index in [0.29, 0.717) is 5.56 Å². The van der Waals surface area contributed by atoms with Crippen LogP contribution in [0.3, 0.4) is 0 Å². The minimum atomic E-state index is -0.985. The van der Waals surface area contributed by atoms with Gasteiger partial charge in [-0.1, -0.05) is 6.07 Å². The summed E-state index contributed by atoms with van der Waals surface area (Å²) in [6.45, 7) is 1.63. The summed E-state index contributed by atoms with van der Waals surface area (Å²) in [5, 5.41) is 0. The number of benzene rings is 1. The largest absolute Gasteiger partial charge is 0.469 e. The standard InChI is InChI=1S/C10H10F2O2/c1-6-3-7(5-9(13)14-2)10(12)8(11)4-6/h3-4H,5H2,1-2H3. The van der Waals surface area contributed by atoms with Gasteiger partial charge in [0.1, 0.15) is 0 Å². The molecule has 0 unspecified atom stereocenters. The zero-order valence-corrected chi connectivity index (χ0v) is 7.93. The Morgan fingerprint density at radius 2 is 2.07 bits per heavy atom. The Kier molecular flexibility index (Phi) is 3.17. The van der Waals surface area contributed by atoms with Crippen molar-refractivity contribution < 1.29 is 18.3 Å². The SMILES string of the molecule is COC(=O)Cc1cc(C)cc(F)c1F. The second-order valence-electron chi connectivity index (χ2n) is 2.97. The molecule has 14 heavy (non-hydrogen) atoms. The molecule has 0 aromatic heterocycles. The van der Waals surface area contributed by atoms with Crippen LogP contribution in [0, 0.1) is 18.6 Å². The molecule has 0 saturated carbocycles. The van der Waals surface area contributed by atoms with Crippen molar-refractivity contribution in [2.45, 2.75) is 13.3 Å². The predicted molar refractivity (Wildman–Crippen MR) is 46.8 cm³/mol. The average Bonchev–Trinajstić information content (AvgIpc) is 2.13. The number of ether oxygens (including phenoxy) is 1. The van der Waals surface area contributed by atoms with E-state index < -0.39 is 17.6 Å². The Labute approximate surface area is 80.5 Å². The molecule has 0 aliphatic carbocycles. The monoisotopic (exact) mass is 200 g/mol. The first-order valence-electron chi connectivity index (χ1n) is 4.06. The Morgan fingerprint density at radius 3 is 2.64 bits per heavy atom. The molecule has 0 radical (unpaired) electrons. The summed E-state index contributed by atoms with van der Waals surface area (Å²) < 4.78 is 30.3. The van der Waals surface area contributed by atoms with Gasteiger partial charge in [-0.3, -0.25) is 4.79 Å². The molecule has 0 fully saturated rings.